The molecule has 2 aromatic carbocycles. The van der Waals surface area contributed by atoms with Gasteiger partial charge in [-0.05, 0) is 93.7 Å². The smallest absolute Gasteiger partial charge is 0.270 e. The van der Waals surface area contributed by atoms with Gasteiger partial charge in [0.05, 0.1) is 5.69 Å². The van der Waals surface area contributed by atoms with Gasteiger partial charge < -0.3 is 4.90 Å². The first-order valence-electron chi connectivity index (χ1n) is 11.1. The van der Waals surface area contributed by atoms with E-state index in [0.29, 0.717) is 22.2 Å². The summed E-state index contributed by atoms with van der Waals surface area (Å²) in [6.07, 6.45) is 2.58. The first-order chi connectivity index (χ1) is 15.5. The van der Waals surface area contributed by atoms with Crippen molar-refractivity contribution in [3.8, 4) is 0 Å². The van der Waals surface area contributed by atoms with E-state index in [4.69, 9.17) is 23.8 Å². The van der Waals surface area contributed by atoms with Crippen molar-refractivity contribution in [3.63, 3.8) is 0 Å². The number of benzene rings is 2. The first kappa shape index (κ1) is 23.5. The lowest BCUT2D eigenvalue weighted by atomic mass is 9.79. The normalized spacial score (nSPS) is 21.3. The Morgan fingerprint density at radius 3 is 2.52 bits per heavy atom. The number of rotatable bonds is 3. The molecule has 0 saturated carbocycles. The summed E-state index contributed by atoms with van der Waals surface area (Å²) in [6, 6.07) is 11.4. The Morgan fingerprint density at radius 2 is 1.88 bits per heavy atom. The molecule has 2 aliphatic rings. The van der Waals surface area contributed by atoms with E-state index in [1.54, 1.807) is 6.08 Å². The molecule has 0 bridgehead atoms. The maximum atomic E-state index is 13.3. The summed E-state index contributed by atoms with van der Waals surface area (Å²) in [6.45, 7) is 11.7. The van der Waals surface area contributed by atoms with Crippen LogP contribution in [-0.2, 0) is 9.59 Å². The number of halogens is 1. The number of hydrogen-bond donors (Lipinski definition) is 1. The van der Waals surface area contributed by atoms with Gasteiger partial charge in [0.15, 0.2) is 5.11 Å². The number of nitrogens with one attached hydrogen (secondary N) is 1. The van der Waals surface area contributed by atoms with E-state index in [9.17, 15) is 9.59 Å². The van der Waals surface area contributed by atoms with Crippen LogP contribution in [0.25, 0.3) is 6.08 Å². The molecule has 2 heterocycles. The van der Waals surface area contributed by atoms with Crippen molar-refractivity contribution in [3.05, 3.63) is 63.7 Å². The van der Waals surface area contributed by atoms with E-state index < -0.39 is 11.8 Å². The van der Waals surface area contributed by atoms with E-state index in [0.717, 1.165) is 24.2 Å². The molecule has 1 atom stereocenters. The number of amides is 2. The third-order valence-electron chi connectivity index (χ3n) is 6.51. The fourth-order valence-electron chi connectivity index (χ4n) is 4.97. The topological polar surface area (TPSA) is 52.7 Å². The maximum absolute atomic E-state index is 13.3. The molecule has 0 spiro atoms. The minimum atomic E-state index is -0.522. The molecular weight excluding hydrogens is 454 g/mol. The molecule has 5 nitrogen and oxygen atoms in total. The van der Waals surface area contributed by atoms with Gasteiger partial charge in [0, 0.05) is 22.8 Å². The summed E-state index contributed by atoms with van der Waals surface area (Å²) >= 11 is 12.0. The standard InChI is InChI=1S/C26H28ClN3O2S/c1-6-29-22-13-21(27)17(11-19(22)16(3)14-26(29,4)5)12-20-23(31)28-25(33)30(24(20)32)18-9-7-15(2)8-10-18/h7-13,16H,6,14H2,1-5H3,(H,28,31,33)/b20-12-. The van der Waals surface area contributed by atoms with E-state index in [2.05, 4.69) is 37.9 Å². The Bertz CT molecular complexity index is 1190. The lowest BCUT2D eigenvalue weighted by molar-refractivity contribution is -0.122. The predicted octanol–water partition coefficient (Wildman–Crippen LogP) is 5.59. The van der Waals surface area contributed by atoms with Crippen molar-refractivity contribution in [2.75, 3.05) is 16.3 Å². The molecule has 4 rings (SSSR count). The predicted molar refractivity (Wildman–Crippen MR) is 139 cm³/mol. The van der Waals surface area contributed by atoms with Gasteiger partial charge in [-0.15, -0.1) is 0 Å². The molecule has 1 saturated heterocycles. The Kier molecular flexibility index (Phi) is 6.10. The van der Waals surface area contributed by atoms with E-state index in [-0.39, 0.29) is 16.2 Å². The molecule has 2 aromatic rings. The average Bonchev–Trinajstić information content (AvgIpc) is 2.72. The van der Waals surface area contributed by atoms with Gasteiger partial charge in [-0.1, -0.05) is 36.2 Å². The second-order valence-corrected chi connectivity index (χ2v) is 10.2. The third kappa shape index (κ3) is 4.18. The van der Waals surface area contributed by atoms with Crippen LogP contribution in [0.5, 0.6) is 0 Å². The van der Waals surface area contributed by atoms with E-state index >= 15 is 0 Å². The van der Waals surface area contributed by atoms with Crippen molar-refractivity contribution >= 4 is 58.2 Å². The molecule has 1 N–H and O–H groups in total. The summed E-state index contributed by atoms with van der Waals surface area (Å²) in [5.74, 6) is -0.669. The molecule has 0 aromatic heterocycles. The van der Waals surface area contributed by atoms with Crippen LogP contribution in [-0.4, -0.2) is 29.0 Å². The lowest BCUT2D eigenvalue weighted by Gasteiger charge is -2.47. The number of aryl methyl sites for hydroxylation is 1. The largest absolute Gasteiger partial charge is 0.366 e. The highest BCUT2D eigenvalue weighted by Crippen LogP contribution is 2.45. The van der Waals surface area contributed by atoms with Gasteiger partial charge in [-0.25, -0.2) is 0 Å². The number of carbonyl (C=O) groups is 2. The molecular formula is C26H28ClN3O2S. The summed E-state index contributed by atoms with van der Waals surface area (Å²) in [7, 11) is 0. The number of hydrogen-bond acceptors (Lipinski definition) is 4. The summed E-state index contributed by atoms with van der Waals surface area (Å²) in [4.78, 5) is 29.8. The van der Waals surface area contributed by atoms with Crippen LogP contribution < -0.4 is 15.1 Å². The SMILES string of the molecule is CCN1c2cc(Cl)c(/C=C3/C(=O)NC(=S)N(c4ccc(C)cc4)C3=O)cc2C(C)CC1(C)C. The fraction of sp³-hybridized carbons (Fsp3) is 0.346. The highest BCUT2D eigenvalue weighted by atomic mass is 35.5. The Labute approximate surface area is 205 Å². The second-order valence-electron chi connectivity index (χ2n) is 9.39. The van der Waals surface area contributed by atoms with Crippen LogP contribution in [0.3, 0.4) is 0 Å². The molecule has 2 aliphatic heterocycles. The van der Waals surface area contributed by atoms with Crippen molar-refractivity contribution in [2.45, 2.75) is 52.5 Å². The minimum Gasteiger partial charge on any atom is -0.366 e. The molecule has 1 unspecified atom stereocenters. The van der Waals surface area contributed by atoms with Gasteiger partial charge in [0.1, 0.15) is 5.57 Å². The van der Waals surface area contributed by atoms with Gasteiger partial charge in [-0.2, -0.15) is 0 Å². The molecule has 7 heteroatoms. The molecule has 0 aliphatic carbocycles. The Balaban J connectivity index is 1.77. The van der Waals surface area contributed by atoms with Crippen LogP contribution in [0, 0.1) is 6.92 Å². The van der Waals surface area contributed by atoms with Crippen molar-refractivity contribution in [2.24, 2.45) is 0 Å². The van der Waals surface area contributed by atoms with Crippen LogP contribution in [0.4, 0.5) is 11.4 Å². The van der Waals surface area contributed by atoms with Crippen molar-refractivity contribution < 1.29 is 9.59 Å². The summed E-state index contributed by atoms with van der Waals surface area (Å²) in [5, 5.41) is 3.21. The van der Waals surface area contributed by atoms with Crippen LogP contribution >= 0.6 is 23.8 Å². The summed E-state index contributed by atoms with van der Waals surface area (Å²) in [5.41, 5.74) is 4.61. The number of nitrogens with zero attached hydrogens (tertiary/aromatic N) is 2. The first-order valence-corrected chi connectivity index (χ1v) is 11.9. The fourth-order valence-corrected chi connectivity index (χ4v) is 5.46. The van der Waals surface area contributed by atoms with Gasteiger partial charge in [0.2, 0.25) is 0 Å². The third-order valence-corrected chi connectivity index (χ3v) is 7.13. The zero-order valence-electron chi connectivity index (χ0n) is 19.5. The van der Waals surface area contributed by atoms with Crippen LogP contribution in [0.15, 0.2) is 42.0 Å². The number of fused-ring (bicyclic) bond motifs is 1. The maximum Gasteiger partial charge on any atom is 0.270 e. The monoisotopic (exact) mass is 481 g/mol. The van der Waals surface area contributed by atoms with Gasteiger partial charge >= 0.3 is 0 Å². The van der Waals surface area contributed by atoms with Crippen molar-refractivity contribution in [1.82, 2.24) is 5.32 Å². The highest BCUT2D eigenvalue weighted by Gasteiger charge is 2.37. The van der Waals surface area contributed by atoms with Gasteiger partial charge in [0.25, 0.3) is 11.8 Å². The van der Waals surface area contributed by atoms with E-state index in [1.807, 2.05) is 43.3 Å². The number of thiocarbonyl (C=S) groups is 1. The number of anilines is 2. The van der Waals surface area contributed by atoms with Crippen molar-refractivity contribution in [1.29, 1.82) is 0 Å². The zero-order chi connectivity index (χ0) is 24.1. The quantitative estimate of drug-likeness (QED) is 0.352. The molecule has 172 valence electrons. The minimum absolute atomic E-state index is 0.00200. The van der Waals surface area contributed by atoms with Crippen LogP contribution in [0.1, 0.15) is 56.7 Å². The Morgan fingerprint density at radius 1 is 1.21 bits per heavy atom. The molecule has 33 heavy (non-hydrogen) atoms. The number of carbonyl (C=O) groups excluding carboxylic acids is 2. The second kappa shape index (κ2) is 8.58. The van der Waals surface area contributed by atoms with E-state index in [1.165, 1.54) is 10.5 Å². The Hall–Kier alpha value is -2.70. The molecule has 2 amide bonds. The zero-order valence-corrected chi connectivity index (χ0v) is 21.1. The lowest BCUT2D eigenvalue weighted by Crippen LogP contribution is -2.54. The average molecular weight is 482 g/mol. The highest BCUT2D eigenvalue weighted by molar-refractivity contribution is 7.80. The molecule has 0 radical (unpaired) electrons. The van der Waals surface area contributed by atoms with Gasteiger partial charge in [-0.3, -0.25) is 19.8 Å². The summed E-state index contributed by atoms with van der Waals surface area (Å²) < 4.78 is 0. The van der Waals surface area contributed by atoms with Crippen LogP contribution in [0.2, 0.25) is 5.02 Å². The molecule has 1 fully saturated rings.